The highest BCUT2D eigenvalue weighted by atomic mass is 16.5. The number of hydrogen-bond donors (Lipinski definition) is 1. The minimum atomic E-state index is 0.0111. The molecule has 2 aromatic rings. The number of ether oxygens (including phenoxy) is 1. The van der Waals surface area contributed by atoms with Gasteiger partial charge in [0.15, 0.2) is 0 Å². The van der Waals surface area contributed by atoms with E-state index in [1.165, 1.54) is 5.56 Å². The van der Waals surface area contributed by atoms with Crippen molar-refractivity contribution in [1.29, 1.82) is 0 Å². The van der Waals surface area contributed by atoms with Gasteiger partial charge in [0, 0.05) is 18.9 Å². The average molecular weight is 287 g/mol. The zero-order valence-corrected chi connectivity index (χ0v) is 13.0. The summed E-state index contributed by atoms with van der Waals surface area (Å²) in [6.45, 7) is 7.84. The summed E-state index contributed by atoms with van der Waals surface area (Å²) in [5.41, 5.74) is 11.2. The van der Waals surface area contributed by atoms with Crippen LogP contribution in [0.1, 0.15) is 30.7 Å². The maximum atomic E-state index is 5.79. The molecule has 6 nitrogen and oxygen atoms in total. The average Bonchev–Trinajstić information content (AvgIpc) is 2.75. The van der Waals surface area contributed by atoms with E-state index in [4.69, 9.17) is 10.5 Å². The highest BCUT2D eigenvalue weighted by Crippen LogP contribution is 2.43. The number of methoxy groups -OCH3 is 1. The van der Waals surface area contributed by atoms with Crippen LogP contribution < -0.4 is 5.73 Å². The molecule has 6 heteroatoms. The second-order valence-electron chi connectivity index (χ2n) is 6.19. The molecule has 0 aliphatic heterocycles. The first-order chi connectivity index (χ1) is 9.94. The minimum absolute atomic E-state index is 0.0111. The van der Waals surface area contributed by atoms with Crippen LogP contribution in [0.5, 0.6) is 0 Å². The predicted molar refractivity (Wildman–Crippen MR) is 81.0 cm³/mol. The number of rotatable bonds is 3. The van der Waals surface area contributed by atoms with Crippen molar-refractivity contribution < 1.29 is 4.74 Å². The molecule has 21 heavy (non-hydrogen) atoms. The van der Waals surface area contributed by atoms with E-state index < -0.39 is 0 Å². The first-order valence-corrected chi connectivity index (χ1v) is 7.12. The third kappa shape index (κ3) is 2.19. The van der Waals surface area contributed by atoms with Crippen LogP contribution in [0.2, 0.25) is 0 Å². The van der Waals surface area contributed by atoms with Crippen LogP contribution in [0.25, 0.3) is 11.4 Å². The van der Waals surface area contributed by atoms with E-state index in [1.54, 1.807) is 7.11 Å². The third-order valence-electron chi connectivity index (χ3n) is 4.05. The number of nitrogens with zero attached hydrogens (tertiary/aromatic N) is 4. The fourth-order valence-corrected chi connectivity index (χ4v) is 3.29. The second-order valence-corrected chi connectivity index (χ2v) is 6.19. The Morgan fingerprint density at radius 2 is 2.19 bits per heavy atom. The van der Waals surface area contributed by atoms with Crippen LogP contribution in [0, 0.1) is 6.92 Å². The molecule has 0 bridgehead atoms. The topological polar surface area (TPSA) is 78.8 Å². The summed E-state index contributed by atoms with van der Waals surface area (Å²) in [7, 11) is 1.70. The van der Waals surface area contributed by atoms with Gasteiger partial charge in [-0.2, -0.15) is 5.10 Å². The smallest absolute Gasteiger partial charge is 0.220 e. The molecular weight excluding hydrogens is 266 g/mol. The van der Waals surface area contributed by atoms with Crippen LogP contribution in [-0.4, -0.2) is 33.5 Å². The molecule has 0 atom stereocenters. The first-order valence-electron chi connectivity index (χ1n) is 7.12. The molecule has 0 spiro atoms. The highest BCUT2D eigenvalue weighted by molar-refractivity contribution is 5.70. The third-order valence-corrected chi connectivity index (χ3v) is 4.05. The van der Waals surface area contributed by atoms with Crippen molar-refractivity contribution in [2.24, 2.45) is 0 Å². The zero-order chi connectivity index (χ0) is 15.2. The van der Waals surface area contributed by atoms with Gasteiger partial charge < -0.3 is 10.5 Å². The molecule has 112 valence electrons. The number of fused-ring (bicyclic) bond motifs is 3. The van der Waals surface area contributed by atoms with Crippen molar-refractivity contribution in [3.63, 3.8) is 0 Å². The molecule has 2 heterocycles. The van der Waals surface area contributed by atoms with Gasteiger partial charge in [-0.1, -0.05) is 13.8 Å². The summed E-state index contributed by atoms with van der Waals surface area (Å²) in [6, 6.07) is 0. The number of hydrogen-bond acceptors (Lipinski definition) is 5. The van der Waals surface area contributed by atoms with Gasteiger partial charge in [0.05, 0.1) is 30.2 Å². The maximum absolute atomic E-state index is 5.79. The van der Waals surface area contributed by atoms with Gasteiger partial charge in [-0.05, 0) is 24.3 Å². The van der Waals surface area contributed by atoms with Gasteiger partial charge in [0.2, 0.25) is 5.95 Å². The van der Waals surface area contributed by atoms with Crippen molar-refractivity contribution in [1.82, 2.24) is 19.7 Å². The lowest BCUT2D eigenvalue weighted by atomic mass is 9.73. The Kier molecular flexibility index (Phi) is 3.20. The number of nitrogen functional groups attached to an aromatic ring is 1. The molecule has 0 unspecified atom stereocenters. The van der Waals surface area contributed by atoms with E-state index in [-0.39, 0.29) is 5.41 Å². The molecule has 0 saturated heterocycles. The summed E-state index contributed by atoms with van der Waals surface area (Å²) >= 11 is 0. The largest absolute Gasteiger partial charge is 0.383 e. The van der Waals surface area contributed by atoms with Crippen LogP contribution in [0.15, 0.2) is 6.20 Å². The molecule has 2 N–H and O–H groups in total. The normalized spacial score (nSPS) is 15.6. The van der Waals surface area contributed by atoms with Gasteiger partial charge in [0.25, 0.3) is 0 Å². The lowest BCUT2D eigenvalue weighted by Crippen LogP contribution is -2.27. The van der Waals surface area contributed by atoms with Crippen molar-refractivity contribution >= 4 is 5.95 Å². The Hall–Kier alpha value is -1.95. The number of nitrogens with two attached hydrogens (primary N) is 1. The standard InChI is InChI=1S/C15H21N5O/c1-9-11-13(20(19-9)5-6-21-4)12-10(7-15(11,2)3)8-17-14(16)18-12/h8H,5-7H2,1-4H3,(H2,16,17,18). The van der Waals surface area contributed by atoms with Crippen molar-refractivity contribution in [2.75, 3.05) is 19.5 Å². The van der Waals surface area contributed by atoms with E-state index in [2.05, 4.69) is 35.8 Å². The Labute approximate surface area is 124 Å². The number of anilines is 1. The fourth-order valence-electron chi connectivity index (χ4n) is 3.29. The van der Waals surface area contributed by atoms with E-state index in [0.29, 0.717) is 19.1 Å². The van der Waals surface area contributed by atoms with Crippen molar-refractivity contribution in [3.8, 4) is 11.4 Å². The fraction of sp³-hybridized carbons (Fsp3) is 0.533. The quantitative estimate of drug-likeness (QED) is 0.929. The van der Waals surface area contributed by atoms with Crippen molar-refractivity contribution in [2.45, 2.75) is 39.2 Å². The van der Waals surface area contributed by atoms with E-state index in [0.717, 1.165) is 29.1 Å². The second kappa shape index (κ2) is 4.80. The van der Waals surface area contributed by atoms with Gasteiger partial charge in [0.1, 0.15) is 0 Å². The molecule has 0 amide bonds. The lowest BCUT2D eigenvalue weighted by Gasteiger charge is -2.31. The molecule has 2 aromatic heterocycles. The van der Waals surface area contributed by atoms with Crippen LogP contribution in [0.4, 0.5) is 5.95 Å². The molecule has 0 radical (unpaired) electrons. The van der Waals surface area contributed by atoms with Gasteiger partial charge >= 0.3 is 0 Å². The summed E-state index contributed by atoms with van der Waals surface area (Å²) in [5, 5.41) is 4.69. The zero-order valence-electron chi connectivity index (χ0n) is 13.0. The summed E-state index contributed by atoms with van der Waals surface area (Å²) < 4.78 is 7.18. The maximum Gasteiger partial charge on any atom is 0.220 e. The van der Waals surface area contributed by atoms with Gasteiger partial charge in [-0.15, -0.1) is 0 Å². The van der Waals surface area contributed by atoms with E-state index >= 15 is 0 Å². The minimum Gasteiger partial charge on any atom is -0.383 e. The predicted octanol–water partition coefficient (Wildman–Crippen LogP) is 1.71. The summed E-state index contributed by atoms with van der Waals surface area (Å²) in [4.78, 5) is 8.61. The Bertz CT molecular complexity index is 690. The molecule has 3 rings (SSSR count). The molecule has 0 saturated carbocycles. The van der Waals surface area contributed by atoms with Crippen LogP contribution in [0.3, 0.4) is 0 Å². The van der Waals surface area contributed by atoms with E-state index in [1.807, 2.05) is 10.9 Å². The van der Waals surface area contributed by atoms with Crippen LogP contribution in [-0.2, 0) is 23.1 Å². The van der Waals surface area contributed by atoms with Gasteiger partial charge in [-0.25, -0.2) is 9.97 Å². The number of aromatic nitrogens is 4. The Balaban J connectivity index is 2.24. The SMILES string of the molecule is COCCn1nc(C)c2c1-c1nc(N)ncc1CC2(C)C. The monoisotopic (exact) mass is 287 g/mol. The Morgan fingerprint density at radius 3 is 2.90 bits per heavy atom. The van der Waals surface area contributed by atoms with Crippen LogP contribution >= 0.6 is 0 Å². The summed E-state index contributed by atoms with van der Waals surface area (Å²) in [6.07, 6.45) is 2.73. The molecular formula is C15H21N5O. The summed E-state index contributed by atoms with van der Waals surface area (Å²) in [5.74, 6) is 0.302. The molecule has 1 aliphatic rings. The highest BCUT2D eigenvalue weighted by Gasteiger charge is 2.37. The lowest BCUT2D eigenvalue weighted by molar-refractivity contribution is 0.184. The molecule has 0 aromatic carbocycles. The first kappa shape index (κ1) is 14.0. The number of aryl methyl sites for hydroxylation is 1. The van der Waals surface area contributed by atoms with E-state index in [9.17, 15) is 0 Å². The van der Waals surface area contributed by atoms with Gasteiger partial charge in [-0.3, -0.25) is 4.68 Å². The molecule has 0 fully saturated rings. The van der Waals surface area contributed by atoms with Crippen molar-refractivity contribution in [3.05, 3.63) is 23.0 Å². The Morgan fingerprint density at radius 1 is 1.43 bits per heavy atom. The molecule has 1 aliphatic carbocycles.